The predicted molar refractivity (Wildman–Crippen MR) is 116 cm³/mol. The van der Waals surface area contributed by atoms with Crippen molar-refractivity contribution >= 4 is 45.0 Å². The molecule has 1 aromatic carbocycles. The van der Waals surface area contributed by atoms with Crippen molar-refractivity contribution in [1.29, 1.82) is 0 Å². The smallest absolute Gasteiger partial charge is 0.244 e. The van der Waals surface area contributed by atoms with Gasteiger partial charge in [-0.25, -0.2) is 8.42 Å². The van der Waals surface area contributed by atoms with Gasteiger partial charge in [-0.2, -0.15) is 4.31 Å². The molecule has 0 spiro atoms. The molecular formula is C20H27Cl2N3O4S. The normalized spacial score (nSPS) is 19.0. The standard InChI is InChI=1S/C20H27Cl2N3O4S/c21-15-5-6-17(22)18(13-15)30(28,29)25-11-8-14(9-12-25)20(27)23-10-7-19(26)24-16-3-1-2-4-16/h5-6,13-14,16H,1-4,7-12H2,(H,23,27)(H,24,26). The fourth-order valence-corrected chi connectivity index (χ4v) is 6.19. The molecule has 1 heterocycles. The quantitative estimate of drug-likeness (QED) is 0.633. The maximum absolute atomic E-state index is 12.9. The van der Waals surface area contributed by atoms with Crippen LogP contribution in [0.2, 0.25) is 10.0 Å². The van der Waals surface area contributed by atoms with Gasteiger partial charge in [-0.1, -0.05) is 36.0 Å². The van der Waals surface area contributed by atoms with Crippen molar-refractivity contribution in [2.75, 3.05) is 19.6 Å². The lowest BCUT2D eigenvalue weighted by atomic mass is 9.97. The third-order valence-electron chi connectivity index (χ3n) is 5.71. The molecule has 0 unspecified atom stereocenters. The molecule has 0 aromatic heterocycles. The van der Waals surface area contributed by atoms with E-state index in [-0.39, 0.29) is 59.7 Å². The number of amides is 2. The Morgan fingerprint density at radius 3 is 2.40 bits per heavy atom. The summed E-state index contributed by atoms with van der Waals surface area (Å²) in [6, 6.07) is 4.61. The molecule has 1 aliphatic heterocycles. The van der Waals surface area contributed by atoms with E-state index in [4.69, 9.17) is 23.2 Å². The number of benzene rings is 1. The van der Waals surface area contributed by atoms with E-state index in [9.17, 15) is 18.0 Å². The number of piperidine rings is 1. The largest absolute Gasteiger partial charge is 0.355 e. The zero-order valence-corrected chi connectivity index (χ0v) is 19.0. The van der Waals surface area contributed by atoms with Crippen LogP contribution < -0.4 is 10.6 Å². The molecule has 2 amide bonds. The Bertz CT molecular complexity index is 880. The van der Waals surface area contributed by atoms with Crippen molar-refractivity contribution in [1.82, 2.24) is 14.9 Å². The van der Waals surface area contributed by atoms with E-state index < -0.39 is 10.0 Å². The highest BCUT2D eigenvalue weighted by Crippen LogP contribution is 2.30. The highest BCUT2D eigenvalue weighted by atomic mass is 35.5. The predicted octanol–water partition coefficient (Wildman–Crippen LogP) is 2.96. The van der Waals surface area contributed by atoms with E-state index in [1.165, 1.54) is 22.5 Å². The fourth-order valence-electron chi connectivity index (χ4n) is 3.99. The van der Waals surface area contributed by atoms with Crippen molar-refractivity contribution in [3.63, 3.8) is 0 Å². The summed E-state index contributed by atoms with van der Waals surface area (Å²) in [7, 11) is -3.77. The summed E-state index contributed by atoms with van der Waals surface area (Å²) in [6.07, 6.45) is 5.44. The fraction of sp³-hybridized carbons (Fsp3) is 0.600. The highest BCUT2D eigenvalue weighted by Gasteiger charge is 2.33. The summed E-state index contributed by atoms with van der Waals surface area (Å²) in [4.78, 5) is 24.3. The second kappa shape index (κ2) is 10.3. The van der Waals surface area contributed by atoms with Crippen molar-refractivity contribution in [3.05, 3.63) is 28.2 Å². The highest BCUT2D eigenvalue weighted by molar-refractivity contribution is 7.89. The van der Waals surface area contributed by atoms with Gasteiger partial charge in [-0.15, -0.1) is 0 Å². The van der Waals surface area contributed by atoms with Crippen LogP contribution in [0.4, 0.5) is 0 Å². The van der Waals surface area contributed by atoms with E-state index in [1.807, 2.05) is 0 Å². The molecule has 0 radical (unpaired) electrons. The van der Waals surface area contributed by atoms with Crippen molar-refractivity contribution in [2.24, 2.45) is 5.92 Å². The Balaban J connectivity index is 1.44. The molecule has 0 atom stereocenters. The minimum absolute atomic E-state index is 0.0205. The summed E-state index contributed by atoms with van der Waals surface area (Å²) >= 11 is 12.0. The zero-order valence-electron chi connectivity index (χ0n) is 16.7. The van der Waals surface area contributed by atoms with Crippen LogP contribution in [-0.4, -0.2) is 50.2 Å². The van der Waals surface area contributed by atoms with Gasteiger partial charge in [0, 0.05) is 43.0 Å². The number of halogens is 2. The van der Waals surface area contributed by atoms with E-state index >= 15 is 0 Å². The Morgan fingerprint density at radius 2 is 1.73 bits per heavy atom. The second-order valence-corrected chi connectivity index (χ2v) is 10.6. The average molecular weight is 476 g/mol. The Hall–Kier alpha value is -1.35. The Morgan fingerprint density at radius 1 is 1.07 bits per heavy atom. The number of carbonyl (C=O) groups is 2. The van der Waals surface area contributed by atoms with Crippen LogP contribution in [0.3, 0.4) is 0 Å². The van der Waals surface area contributed by atoms with Crippen molar-refractivity contribution in [3.8, 4) is 0 Å². The lowest BCUT2D eigenvalue weighted by molar-refractivity contribution is -0.126. The van der Waals surface area contributed by atoms with Crippen LogP contribution in [0.25, 0.3) is 0 Å². The van der Waals surface area contributed by atoms with E-state index in [0.717, 1.165) is 25.7 Å². The average Bonchev–Trinajstić information content (AvgIpc) is 3.22. The van der Waals surface area contributed by atoms with Gasteiger partial charge >= 0.3 is 0 Å². The first kappa shape index (κ1) is 23.3. The van der Waals surface area contributed by atoms with Gasteiger partial charge in [0.25, 0.3) is 0 Å². The number of carbonyl (C=O) groups excluding carboxylic acids is 2. The van der Waals surface area contributed by atoms with Crippen LogP contribution in [0.5, 0.6) is 0 Å². The summed E-state index contributed by atoms with van der Waals surface area (Å²) in [5.74, 6) is -0.452. The number of nitrogens with zero attached hydrogens (tertiary/aromatic N) is 1. The first-order chi connectivity index (χ1) is 14.3. The van der Waals surface area contributed by atoms with Gasteiger partial charge in [0.1, 0.15) is 4.90 Å². The van der Waals surface area contributed by atoms with Crippen molar-refractivity contribution in [2.45, 2.75) is 55.9 Å². The Kier molecular flexibility index (Phi) is 8.01. The molecule has 166 valence electrons. The van der Waals surface area contributed by atoms with E-state index in [2.05, 4.69) is 10.6 Å². The molecule has 1 aromatic rings. The third kappa shape index (κ3) is 5.87. The molecule has 2 N–H and O–H groups in total. The first-order valence-corrected chi connectivity index (χ1v) is 12.5. The first-order valence-electron chi connectivity index (χ1n) is 10.3. The summed E-state index contributed by atoms with van der Waals surface area (Å²) < 4.78 is 27.1. The molecule has 3 rings (SSSR count). The third-order valence-corrected chi connectivity index (χ3v) is 8.32. The Labute approximate surface area is 187 Å². The molecule has 0 bridgehead atoms. The molecule has 30 heavy (non-hydrogen) atoms. The molecule has 10 heteroatoms. The number of rotatable bonds is 7. The monoisotopic (exact) mass is 475 g/mol. The van der Waals surface area contributed by atoms with Gasteiger partial charge in [0.05, 0.1) is 5.02 Å². The SMILES string of the molecule is O=C(CCNC(=O)C1CCN(S(=O)(=O)c2cc(Cl)ccc2Cl)CC1)NC1CCCC1. The van der Waals surface area contributed by atoms with Gasteiger partial charge in [-0.05, 0) is 43.9 Å². The minimum Gasteiger partial charge on any atom is -0.355 e. The van der Waals surface area contributed by atoms with Crippen LogP contribution in [0.15, 0.2) is 23.1 Å². The summed E-state index contributed by atoms with van der Waals surface area (Å²) in [5, 5.41) is 6.21. The van der Waals surface area contributed by atoms with Crippen molar-refractivity contribution < 1.29 is 18.0 Å². The summed E-state index contributed by atoms with van der Waals surface area (Å²) in [6.45, 7) is 0.741. The minimum atomic E-state index is -3.77. The number of nitrogens with one attached hydrogen (secondary N) is 2. The van der Waals surface area contributed by atoms with Gasteiger partial charge in [0.2, 0.25) is 21.8 Å². The number of sulfonamides is 1. The molecule has 1 saturated carbocycles. The molecule has 1 aliphatic carbocycles. The maximum atomic E-state index is 12.9. The molecule has 7 nitrogen and oxygen atoms in total. The van der Waals surface area contributed by atoms with Crippen LogP contribution in [-0.2, 0) is 19.6 Å². The van der Waals surface area contributed by atoms with Gasteiger partial charge in [0.15, 0.2) is 0 Å². The van der Waals surface area contributed by atoms with E-state index in [1.54, 1.807) is 0 Å². The second-order valence-electron chi connectivity index (χ2n) is 7.84. The lowest BCUT2D eigenvalue weighted by Crippen LogP contribution is -2.43. The molecule has 1 saturated heterocycles. The topological polar surface area (TPSA) is 95.6 Å². The van der Waals surface area contributed by atoms with Crippen LogP contribution in [0.1, 0.15) is 44.9 Å². The van der Waals surface area contributed by atoms with Gasteiger partial charge in [-0.3, -0.25) is 9.59 Å². The molecule has 2 fully saturated rings. The van der Waals surface area contributed by atoms with Crippen LogP contribution in [0, 0.1) is 5.92 Å². The zero-order chi connectivity index (χ0) is 21.7. The summed E-state index contributed by atoms with van der Waals surface area (Å²) in [5.41, 5.74) is 0. The molecular weight excluding hydrogens is 449 g/mol. The van der Waals surface area contributed by atoms with E-state index in [0.29, 0.717) is 17.9 Å². The lowest BCUT2D eigenvalue weighted by Gasteiger charge is -2.30. The number of hydrogen-bond acceptors (Lipinski definition) is 4. The maximum Gasteiger partial charge on any atom is 0.244 e. The van der Waals surface area contributed by atoms with Crippen LogP contribution >= 0.6 is 23.2 Å². The molecule has 2 aliphatic rings. The number of hydrogen-bond donors (Lipinski definition) is 2. The van der Waals surface area contributed by atoms with Gasteiger partial charge < -0.3 is 10.6 Å².